The molecule has 2 N–H and O–H groups in total. The van der Waals surface area contributed by atoms with Crippen molar-refractivity contribution in [1.29, 1.82) is 0 Å². The van der Waals surface area contributed by atoms with Crippen LogP contribution in [-0.4, -0.2) is 27.9 Å². The van der Waals surface area contributed by atoms with Gasteiger partial charge in [-0.25, -0.2) is 4.98 Å². The smallest absolute Gasteiger partial charge is 0.287 e. The van der Waals surface area contributed by atoms with E-state index in [1.165, 1.54) is 0 Å². The number of unbranched alkanes of at least 4 members (excludes halogenated alkanes) is 1. The Morgan fingerprint density at radius 1 is 1.11 bits per heavy atom. The number of anilines is 1. The van der Waals surface area contributed by atoms with Crippen molar-refractivity contribution in [3.8, 4) is 0 Å². The van der Waals surface area contributed by atoms with Gasteiger partial charge in [-0.15, -0.1) is 0 Å². The normalized spacial score (nSPS) is 13.1. The third kappa shape index (κ3) is 4.38. The first-order valence-electron chi connectivity index (χ1n) is 9.77. The second-order valence-electron chi connectivity index (χ2n) is 7.28. The van der Waals surface area contributed by atoms with Gasteiger partial charge in [0, 0.05) is 18.8 Å². The van der Waals surface area contributed by atoms with E-state index in [1.54, 1.807) is 0 Å². The van der Waals surface area contributed by atoms with Gasteiger partial charge in [-0.05, 0) is 62.8 Å². The van der Waals surface area contributed by atoms with Gasteiger partial charge in [-0.3, -0.25) is 9.59 Å². The maximum absolute atomic E-state index is 12.9. The lowest BCUT2D eigenvalue weighted by Gasteiger charge is -2.17. The van der Waals surface area contributed by atoms with E-state index in [0.717, 1.165) is 61.2 Å². The monoisotopic (exact) mass is 368 g/mol. The standard InChI is InChI=1S/C21H28N4O2/c1-4-5-9-22-21(27)19-24-18(17-8-6-7-10-25(17)19)20(26)23-16-12-14(2)11-15(3)13-16/h11-13H,4-10H2,1-3H3,(H,22,27)(H,23,26). The highest BCUT2D eigenvalue weighted by molar-refractivity contribution is 6.05. The van der Waals surface area contributed by atoms with Crippen molar-refractivity contribution in [2.75, 3.05) is 11.9 Å². The van der Waals surface area contributed by atoms with Crippen LogP contribution in [0.4, 0.5) is 5.69 Å². The second-order valence-corrected chi connectivity index (χ2v) is 7.28. The van der Waals surface area contributed by atoms with Gasteiger partial charge in [0.25, 0.3) is 11.8 Å². The average Bonchev–Trinajstić information content (AvgIpc) is 3.01. The van der Waals surface area contributed by atoms with Crippen LogP contribution in [0.5, 0.6) is 0 Å². The van der Waals surface area contributed by atoms with Crippen LogP contribution in [-0.2, 0) is 13.0 Å². The first kappa shape index (κ1) is 19.1. The van der Waals surface area contributed by atoms with Gasteiger partial charge in [0.1, 0.15) is 0 Å². The molecule has 1 aliphatic heterocycles. The highest BCUT2D eigenvalue weighted by Crippen LogP contribution is 2.23. The lowest BCUT2D eigenvalue weighted by atomic mass is 10.1. The van der Waals surface area contributed by atoms with E-state index >= 15 is 0 Å². The van der Waals surface area contributed by atoms with Crippen LogP contribution in [0.15, 0.2) is 18.2 Å². The minimum absolute atomic E-state index is 0.197. The van der Waals surface area contributed by atoms with Gasteiger partial charge in [0.2, 0.25) is 0 Å². The Bertz CT molecular complexity index is 834. The summed E-state index contributed by atoms with van der Waals surface area (Å²) >= 11 is 0. The van der Waals surface area contributed by atoms with E-state index in [2.05, 4.69) is 28.6 Å². The molecule has 0 bridgehead atoms. The summed E-state index contributed by atoms with van der Waals surface area (Å²) < 4.78 is 1.92. The summed E-state index contributed by atoms with van der Waals surface area (Å²) in [5, 5.41) is 5.86. The van der Waals surface area contributed by atoms with Gasteiger partial charge in [-0.1, -0.05) is 19.4 Å². The number of nitrogens with zero attached hydrogens (tertiary/aromatic N) is 2. The second kappa shape index (κ2) is 8.37. The summed E-state index contributed by atoms with van der Waals surface area (Å²) in [6, 6.07) is 5.94. The van der Waals surface area contributed by atoms with Crippen molar-refractivity contribution in [2.24, 2.45) is 0 Å². The zero-order valence-electron chi connectivity index (χ0n) is 16.4. The van der Waals surface area contributed by atoms with E-state index in [-0.39, 0.29) is 11.8 Å². The van der Waals surface area contributed by atoms with Crippen molar-refractivity contribution in [1.82, 2.24) is 14.9 Å². The highest BCUT2D eigenvalue weighted by atomic mass is 16.2. The van der Waals surface area contributed by atoms with Crippen LogP contribution < -0.4 is 10.6 Å². The topological polar surface area (TPSA) is 76.0 Å². The fourth-order valence-corrected chi connectivity index (χ4v) is 3.59. The number of fused-ring (bicyclic) bond motifs is 1. The third-order valence-corrected chi connectivity index (χ3v) is 4.83. The highest BCUT2D eigenvalue weighted by Gasteiger charge is 2.27. The summed E-state index contributed by atoms with van der Waals surface area (Å²) in [7, 11) is 0. The Morgan fingerprint density at radius 3 is 2.56 bits per heavy atom. The molecule has 0 aliphatic carbocycles. The summed E-state index contributed by atoms with van der Waals surface area (Å²) in [5.41, 5.74) is 4.17. The van der Waals surface area contributed by atoms with E-state index in [4.69, 9.17) is 0 Å². The van der Waals surface area contributed by atoms with E-state index < -0.39 is 0 Å². The lowest BCUT2D eigenvalue weighted by Crippen LogP contribution is -2.28. The van der Waals surface area contributed by atoms with Crippen LogP contribution in [0.1, 0.15) is 70.5 Å². The Hall–Kier alpha value is -2.63. The molecule has 144 valence electrons. The Labute approximate surface area is 160 Å². The molecule has 0 saturated heterocycles. The predicted molar refractivity (Wildman–Crippen MR) is 106 cm³/mol. The zero-order chi connectivity index (χ0) is 19.4. The molecular formula is C21H28N4O2. The fraction of sp³-hybridized carbons (Fsp3) is 0.476. The Balaban J connectivity index is 1.86. The number of hydrogen-bond donors (Lipinski definition) is 2. The molecule has 0 spiro atoms. The first-order valence-corrected chi connectivity index (χ1v) is 9.77. The van der Waals surface area contributed by atoms with Crippen molar-refractivity contribution in [3.05, 3.63) is 46.5 Å². The van der Waals surface area contributed by atoms with Crippen LogP contribution in [0.3, 0.4) is 0 Å². The number of benzene rings is 1. The molecule has 6 nitrogen and oxygen atoms in total. The number of hydrogen-bond acceptors (Lipinski definition) is 3. The van der Waals surface area contributed by atoms with Gasteiger partial charge < -0.3 is 15.2 Å². The quantitative estimate of drug-likeness (QED) is 0.765. The molecule has 0 saturated carbocycles. The predicted octanol–water partition coefficient (Wildman–Crippen LogP) is 3.62. The molecule has 2 amide bonds. The van der Waals surface area contributed by atoms with Crippen molar-refractivity contribution < 1.29 is 9.59 Å². The van der Waals surface area contributed by atoms with Gasteiger partial charge in [0.15, 0.2) is 11.5 Å². The first-order chi connectivity index (χ1) is 13.0. The maximum Gasteiger partial charge on any atom is 0.287 e. The molecule has 6 heteroatoms. The molecular weight excluding hydrogens is 340 g/mol. The SMILES string of the molecule is CCCCNC(=O)c1nc(C(=O)Nc2cc(C)cc(C)c2)c2n1CCCC2. The molecule has 27 heavy (non-hydrogen) atoms. The minimum Gasteiger partial charge on any atom is -0.349 e. The maximum atomic E-state index is 12.9. The molecule has 3 rings (SSSR count). The summed E-state index contributed by atoms with van der Waals surface area (Å²) in [6.45, 7) is 7.44. The number of carbonyl (C=O) groups is 2. The molecule has 1 aromatic carbocycles. The third-order valence-electron chi connectivity index (χ3n) is 4.83. The number of imidazole rings is 1. The summed E-state index contributed by atoms with van der Waals surface area (Å²) in [4.78, 5) is 29.9. The van der Waals surface area contributed by atoms with Crippen LogP contribution in [0.25, 0.3) is 0 Å². The van der Waals surface area contributed by atoms with E-state index in [0.29, 0.717) is 18.1 Å². The van der Waals surface area contributed by atoms with Crippen molar-refractivity contribution in [3.63, 3.8) is 0 Å². The largest absolute Gasteiger partial charge is 0.349 e. The number of carbonyl (C=O) groups excluding carboxylic acids is 2. The molecule has 0 atom stereocenters. The van der Waals surface area contributed by atoms with Crippen LogP contribution in [0, 0.1) is 13.8 Å². The summed E-state index contributed by atoms with van der Waals surface area (Å²) in [5.74, 6) is -0.0957. The van der Waals surface area contributed by atoms with E-state index in [1.807, 2.05) is 30.5 Å². The number of amides is 2. The molecule has 1 aliphatic rings. The number of rotatable bonds is 6. The van der Waals surface area contributed by atoms with Crippen molar-refractivity contribution >= 4 is 17.5 Å². The van der Waals surface area contributed by atoms with Gasteiger partial charge >= 0.3 is 0 Å². The average molecular weight is 368 g/mol. The molecule has 0 fully saturated rings. The minimum atomic E-state index is -0.252. The Kier molecular flexibility index (Phi) is 5.94. The number of aromatic nitrogens is 2. The number of aryl methyl sites for hydroxylation is 2. The molecule has 2 heterocycles. The van der Waals surface area contributed by atoms with E-state index in [9.17, 15) is 9.59 Å². The van der Waals surface area contributed by atoms with Crippen LogP contribution in [0.2, 0.25) is 0 Å². The Morgan fingerprint density at radius 2 is 1.85 bits per heavy atom. The zero-order valence-corrected chi connectivity index (χ0v) is 16.4. The van der Waals surface area contributed by atoms with Crippen molar-refractivity contribution in [2.45, 2.75) is 59.4 Å². The van der Waals surface area contributed by atoms with Gasteiger partial charge in [-0.2, -0.15) is 0 Å². The summed E-state index contributed by atoms with van der Waals surface area (Å²) in [6.07, 6.45) is 4.72. The number of nitrogens with one attached hydrogen (secondary N) is 2. The molecule has 1 aromatic heterocycles. The van der Waals surface area contributed by atoms with Gasteiger partial charge in [0.05, 0.1) is 5.69 Å². The molecule has 2 aromatic rings. The fourth-order valence-electron chi connectivity index (χ4n) is 3.59. The molecule has 0 radical (unpaired) electrons. The van der Waals surface area contributed by atoms with Crippen LogP contribution >= 0.6 is 0 Å². The lowest BCUT2D eigenvalue weighted by molar-refractivity contribution is 0.0937. The molecule has 0 unspecified atom stereocenters.